The van der Waals surface area contributed by atoms with Gasteiger partial charge in [-0.3, -0.25) is 0 Å². The molecule has 0 aliphatic rings. The van der Waals surface area contributed by atoms with E-state index >= 15 is 0 Å². The van der Waals surface area contributed by atoms with Crippen molar-refractivity contribution in [3.63, 3.8) is 0 Å². The van der Waals surface area contributed by atoms with Crippen LogP contribution in [0, 0.1) is 0 Å². The lowest BCUT2D eigenvalue weighted by Crippen LogP contribution is -2.32. The van der Waals surface area contributed by atoms with Gasteiger partial charge in [0.25, 0.3) is 6.33 Å². The van der Waals surface area contributed by atoms with E-state index in [-0.39, 0.29) is 5.90 Å². The van der Waals surface area contributed by atoms with Gasteiger partial charge < -0.3 is 9.84 Å². The van der Waals surface area contributed by atoms with E-state index in [0.717, 1.165) is 5.56 Å². The molecule has 0 bridgehead atoms. The standard InChI is InChI=1S/C13H16N4O2/c1-3-19-8-11-4-6-12(7-5-11)13(18)15-17-9-14-16(2)10-17/h4-7,9-10H,3,8H2,1-2H3. The first-order valence-electron chi connectivity index (χ1n) is 6.02. The summed E-state index contributed by atoms with van der Waals surface area (Å²) < 4.78 is 8.25. The first-order valence-corrected chi connectivity index (χ1v) is 6.02. The summed E-state index contributed by atoms with van der Waals surface area (Å²) in [6.07, 6.45) is 3.09. The van der Waals surface area contributed by atoms with Crippen LogP contribution in [-0.4, -0.2) is 22.3 Å². The number of ether oxygens (including phenoxy) is 1. The molecule has 0 unspecified atom stereocenters. The summed E-state index contributed by atoms with van der Waals surface area (Å²) in [5.74, 6) is -0.305. The average Bonchev–Trinajstić information content (AvgIpc) is 2.82. The summed E-state index contributed by atoms with van der Waals surface area (Å²) >= 11 is 0. The van der Waals surface area contributed by atoms with Crippen molar-refractivity contribution in [2.45, 2.75) is 13.5 Å². The van der Waals surface area contributed by atoms with Crippen molar-refractivity contribution in [1.82, 2.24) is 9.78 Å². The normalized spacial score (nSPS) is 11.8. The zero-order valence-corrected chi connectivity index (χ0v) is 11.0. The molecular weight excluding hydrogens is 244 g/mol. The molecular formula is C13H16N4O2. The lowest BCUT2D eigenvalue weighted by Gasteiger charge is -2.09. The minimum absolute atomic E-state index is 0.305. The van der Waals surface area contributed by atoms with E-state index in [0.29, 0.717) is 18.8 Å². The first-order chi connectivity index (χ1) is 9.19. The van der Waals surface area contributed by atoms with E-state index < -0.39 is 0 Å². The van der Waals surface area contributed by atoms with Gasteiger partial charge in [-0.15, -0.1) is 14.5 Å². The highest BCUT2D eigenvalue weighted by atomic mass is 16.5. The molecule has 1 heterocycles. The molecule has 0 aliphatic carbocycles. The van der Waals surface area contributed by atoms with Crippen LogP contribution in [0.3, 0.4) is 0 Å². The predicted molar refractivity (Wildman–Crippen MR) is 67.1 cm³/mol. The SMILES string of the molecule is CCOCc1ccc(C([O-])=N[n+]2cnn(C)c2)cc1. The molecule has 0 saturated heterocycles. The van der Waals surface area contributed by atoms with Gasteiger partial charge in [-0.05, 0) is 18.1 Å². The van der Waals surface area contributed by atoms with Gasteiger partial charge >= 0.3 is 0 Å². The summed E-state index contributed by atoms with van der Waals surface area (Å²) in [6.45, 7) is 3.18. The highest BCUT2D eigenvalue weighted by Gasteiger charge is 2.00. The zero-order valence-electron chi connectivity index (χ0n) is 11.0. The number of benzene rings is 1. The Morgan fingerprint density at radius 2 is 2.16 bits per heavy atom. The molecule has 1 aromatic carbocycles. The van der Waals surface area contributed by atoms with E-state index in [1.54, 1.807) is 30.2 Å². The lowest BCUT2D eigenvalue weighted by atomic mass is 10.1. The van der Waals surface area contributed by atoms with Crippen molar-refractivity contribution in [2.75, 3.05) is 6.61 Å². The summed E-state index contributed by atoms with van der Waals surface area (Å²) in [4.78, 5) is 0. The van der Waals surface area contributed by atoms with Crippen molar-refractivity contribution < 1.29 is 14.5 Å². The third-order valence-corrected chi connectivity index (χ3v) is 2.52. The fraction of sp³-hybridized carbons (Fsp3) is 0.308. The molecule has 19 heavy (non-hydrogen) atoms. The number of rotatable bonds is 5. The van der Waals surface area contributed by atoms with Crippen LogP contribution in [0.25, 0.3) is 0 Å². The van der Waals surface area contributed by atoms with Crippen molar-refractivity contribution in [1.29, 1.82) is 0 Å². The number of hydrogen-bond donors (Lipinski definition) is 0. The van der Waals surface area contributed by atoms with E-state index in [1.165, 1.54) is 11.0 Å². The van der Waals surface area contributed by atoms with Gasteiger partial charge in [-0.25, -0.2) is 0 Å². The molecule has 0 aliphatic heterocycles. The third kappa shape index (κ3) is 3.62. The molecule has 0 spiro atoms. The Balaban J connectivity index is 2.10. The minimum Gasteiger partial charge on any atom is -0.856 e. The van der Waals surface area contributed by atoms with Crippen LogP contribution < -0.4 is 9.78 Å². The third-order valence-electron chi connectivity index (χ3n) is 2.52. The smallest absolute Gasteiger partial charge is 0.288 e. The van der Waals surface area contributed by atoms with Gasteiger partial charge in [0.15, 0.2) is 0 Å². The van der Waals surface area contributed by atoms with Crippen LogP contribution in [0.2, 0.25) is 0 Å². The zero-order chi connectivity index (χ0) is 13.7. The number of aryl methyl sites for hydroxylation is 1. The van der Waals surface area contributed by atoms with Gasteiger partial charge in [-0.2, -0.15) is 0 Å². The molecule has 2 aromatic rings. The fourth-order valence-corrected chi connectivity index (χ4v) is 1.54. The highest BCUT2D eigenvalue weighted by molar-refractivity contribution is 5.89. The lowest BCUT2D eigenvalue weighted by molar-refractivity contribution is -0.682. The maximum atomic E-state index is 11.9. The Labute approximate surface area is 111 Å². The van der Waals surface area contributed by atoms with Gasteiger partial charge in [0.2, 0.25) is 6.33 Å². The van der Waals surface area contributed by atoms with E-state index in [2.05, 4.69) is 10.2 Å². The molecule has 0 N–H and O–H groups in total. The molecule has 0 radical (unpaired) electrons. The molecule has 6 heteroatoms. The van der Waals surface area contributed by atoms with E-state index in [1.807, 2.05) is 19.1 Å². The van der Waals surface area contributed by atoms with Crippen LogP contribution in [-0.2, 0) is 18.4 Å². The van der Waals surface area contributed by atoms with Gasteiger partial charge in [-0.1, -0.05) is 24.3 Å². The van der Waals surface area contributed by atoms with Crippen LogP contribution >= 0.6 is 0 Å². The summed E-state index contributed by atoms with van der Waals surface area (Å²) in [5, 5.41) is 19.7. The number of hydrogen-bond acceptors (Lipinski definition) is 4. The van der Waals surface area contributed by atoms with Crippen molar-refractivity contribution in [3.8, 4) is 0 Å². The molecule has 6 nitrogen and oxygen atoms in total. The van der Waals surface area contributed by atoms with Gasteiger partial charge in [0.05, 0.1) is 13.7 Å². The van der Waals surface area contributed by atoms with Crippen molar-refractivity contribution >= 4 is 5.90 Å². The quantitative estimate of drug-likeness (QED) is 0.425. The average molecular weight is 260 g/mol. The van der Waals surface area contributed by atoms with Crippen molar-refractivity contribution in [2.24, 2.45) is 12.1 Å². The predicted octanol–water partition coefficient (Wildman–Crippen LogP) is -0.186. The highest BCUT2D eigenvalue weighted by Crippen LogP contribution is 2.05. The van der Waals surface area contributed by atoms with E-state index in [4.69, 9.17) is 4.74 Å². The summed E-state index contributed by atoms with van der Waals surface area (Å²) in [7, 11) is 1.76. The number of aromatic nitrogens is 3. The Kier molecular flexibility index (Phi) is 4.25. The molecule has 0 fully saturated rings. The second-order valence-corrected chi connectivity index (χ2v) is 4.04. The maximum absolute atomic E-state index is 11.9. The van der Waals surface area contributed by atoms with Crippen molar-refractivity contribution in [3.05, 3.63) is 48.0 Å². The first kappa shape index (κ1) is 13.2. The molecule has 0 atom stereocenters. The molecule has 2 rings (SSSR count). The Hall–Kier alpha value is -2.21. The van der Waals surface area contributed by atoms with E-state index in [9.17, 15) is 5.11 Å². The summed E-state index contributed by atoms with van der Waals surface area (Å²) in [5.41, 5.74) is 1.57. The molecule has 0 amide bonds. The summed E-state index contributed by atoms with van der Waals surface area (Å²) in [6, 6.07) is 7.23. The minimum atomic E-state index is -0.305. The Morgan fingerprint density at radius 3 is 2.74 bits per heavy atom. The Morgan fingerprint density at radius 1 is 1.42 bits per heavy atom. The second-order valence-electron chi connectivity index (χ2n) is 4.04. The second kappa shape index (κ2) is 6.10. The molecule has 100 valence electrons. The molecule has 1 aromatic heterocycles. The van der Waals surface area contributed by atoms with Gasteiger partial charge in [0.1, 0.15) is 0 Å². The molecule has 0 saturated carbocycles. The number of nitrogens with zero attached hydrogens (tertiary/aromatic N) is 4. The van der Waals surface area contributed by atoms with Gasteiger partial charge in [0, 0.05) is 17.6 Å². The van der Waals surface area contributed by atoms with Crippen LogP contribution in [0.1, 0.15) is 18.1 Å². The van der Waals surface area contributed by atoms with Crippen LogP contribution in [0.5, 0.6) is 0 Å². The topological polar surface area (TPSA) is 66.3 Å². The Bertz CT molecular complexity index is 560. The largest absolute Gasteiger partial charge is 0.856 e. The van der Waals surface area contributed by atoms with Crippen LogP contribution in [0.4, 0.5) is 0 Å². The van der Waals surface area contributed by atoms with Crippen LogP contribution in [0.15, 0.2) is 42.0 Å². The maximum Gasteiger partial charge on any atom is 0.288 e. The monoisotopic (exact) mass is 260 g/mol. The fourth-order valence-electron chi connectivity index (χ4n) is 1.54.